The van der Waals surface area contributed by atoms with Crippen molar-refractivity contribution in [2.45, 2.75) is 18.2 Å². The lowest BCUT2D eigenvalue weighted by atomic mass is 10.0. The van der Waals surface area contributed by atoms with Crippen molar-refractivity contribution in [2.75, 3.05) is 5.75 Å². The Morgan fingerprint density at radius 1 is 1.21 bits per heavy atom. The van der Waals surface area contributed by atoms with Crippen LogP contribution in [0.25, 0.3) is 0 Å². The molecule has 19 heavy (non-hydrogen) atoms. The van der Waals surface area contributed by atoms with Crippen LogP contribution in [-0.2, 0) is 12.2 Å². The Labute approximate surface area is 118 Å². The molecule has 1 aromatic heterocycles. The van der Waals surface area contributed by atoms with Gasteiger partial charge in [-0.1, -0.05) is 6.07 Å². The summed E-state index contributed by atoms with van der Waals surface area (Å²) in [5, 5.41) is 0. The molecule has 1 aliphatic heterocycles. The molecule has 1 nitrogen and oxygen atoms in total. The second-order valence-corrected chi connectivity index (χ2v) is 6.82. The zero-order chi connectivity index (χ0) is 13.4. The Bertz CT molecular complexity index is 586. The highest BCUT2D eigenvalue weighted by atomic mass is 32.2. The Morgan fingerprint density at radius 3 is 2.79 bits per heavy atom. The van der Waals surface area contributed by atoms with Gasteiger partial charge in [0, 0.05) is 27.1 Å². The lowest BCUT2D eigenvalue weighted by molar-refractivity contribution is 0.566. The number of rotatable bonds is 2. The average Bonchev–Trinajstić information content (AvgIpc) is 2.81. The number of halogens is 2. The number of benzene rings is 1. The Kier molecular flexibility index (Phi) is 3.60. The van der Waals surface area contributed by atoms with Crippen molar-refractivity contribution in [3.63, 3.8) is 0 Å². The average molecular weight is 297 g/mol. The van der Waals surface area contributed by atoms with Crippen molar-refractivity contribution in [1.29, 1.82) is 0 Å². The van der Waals surface area contributed by atoms with Crippen molar-refractivity contribution in [2.24, 2.45) is 5.73 Å². The van der Waals surface area contributed by atoms with Crippen LogP contribution in [0, 0.1) is 11.6 Å². The molecule has 1 atom stereocenters. The summed E-state index contributed by atoms with van der Waals surface area (Å²) < 4.78 is 26.7. The molecule has 0 spiro atoms. The van der Waals surface area contributed by atoms with Crippen LogP contribution in [0.5, 0.6) is 0 Å². The summed E-state index contributed by atoms with van der Waals surface area (Å²) in [6.45, 7) is 0. The van der Waals surface area contributed by atoms with Gasteiger partial charge in [-0.3, -0.25) is 0 Å². The van der Waals surface area contributed by atoms with E-state index < -0.39 is 17.7 Å². The lowest BCUT2D eigenvalue weighted by Gasteiger charge is -2.11. The molecule has 2 heterocycles. The number of thioether (sulfide) groups is 1. The zero-order valence-electron chi connectivity index (χ0n) is 10.2. The fraction of sp³-hybridized carbons (Fsp3) is 0.286. The molecule has 0 aliphatic carbocycles. The SMILES string of the molecule is NC(c1cc2c(s1)CCSC2)c1ccc(F)cc1F. The predicted molar refractivity (Wildman–Crippen MR) is 76.6 cm³/mol. The summed E-state index contributed by atoms with van der Waals surface area (Å²) >= 11 is 3.56. The van der Waals surface area contributed by atoms with E-state index in [2.05, 4.69) is 6.07 Å². The lowest BCUT2D eigenvalue weighted by Crippen LogP contribution is -2.12. The third-order valence-electron chi connectivity index (χ3n) is 3.25. The highest BCUT2D eigenvalue weighted by Gasteiger charge is 2.20. The summed E-state index contributed by atoms with van der Waals surface area (Å²) in [5.74, 6) is 0.987. The van der Waals surface area contributed by atoms with Gasteiger partial charge in [0.05, 0.1) is 6.04 Å². The molecule has 3 rings (SSSR count). The number of hydrogen-bond acceptors (Lipinski definition) is 3. The maximum atomic E-state index is 13.8. The largest absolute Gasteiger partial charge is 0.320 e. The minimum absolute atomic E-state index is 0.354. The molecule has 5 heteroatoms. The summed E-state index contributed by atoms with van der Waals surface area (Å²) in [6.07, 6.45) is 1.06. The molecule has 1 aliphatic rings. The van der Waals surface area contributed by atoms with Crippen LogP contribution in [0.3, 0.4) is 0 Å². The van der Waals surface area contributed by atoms with Gasteiger partial charge in [0.25, 0.3) is 0 Å². The van der Waals surface area contributed by atoms with Crippen LogP contribution in [0.2, 0.25) is 0 Å². The molecule has 100 valence electrons. The van der Waals surface area contributed by atoms with Gasteiger partial charge in [-0.05, 0) is 29.9 Å². The molecule has 2 aromatic rings. The predicted octanol–water partition coefficient (Wildman–Crippen LogP) is 3.86. The maximum Gasteiger partial charge on any atom is 0.131 e. The Balaban J connectivity index is 1.94. The van der Waals surface area contributed by atoms with Gasteiger partial charge >= 0.3 is 0 Å². The minimum Gasteiger partial charge on any atom is -0.320 e. The van der Waals surface area contributed by atoms with Crippen LogP contribution in [0.4, 0.5) is 8.78 Å². The number of thiophene rings is 1. The molecule has 0 radical (unpaired) electrons. The molecular weight excluding hydrogens is 284 g/mol. The van der Waals surface area contributed by atoms with Crippen molar-refractivity contribution in [1.82, 2.24) is 0 Å². The second-order valence-electron chi connectivity index (χ2n) is 4.54. The Hall–Kier alpha value is -0.910. The fourth-order valence-corrected chi connectivity index (χ4v) is 4.63. The number of nitrogens with two attached hydrogens (primary N) is 1. The molecule has 2 N–H and O–H groups in total. The quantitative estimate of drug-likeness (QED) is 0.911. The van der Waals surface area contributed by atoms with Crippen molar-refractivity contribution in [3.8, 4) is 0 Å². The van der Waals surface area contributed by atoms with E-state index in [4.69, 9.17) is 5.73 Å². The van der Waals surface area contributed by atoms with E-state index in [9.17, 15) is 8.78 Å². The summed E-state index contributed by atoms with van der Waals surface area (Å²) in [5.41, 5.74) is 7.79. The van der Waals surface area contributed by atoms with E-state index in [0.717, 1.165) is 28.9 Å². The van der Waals surface area contributed by atoms with E-state index in [1.165, 1.54) is 22.6 Å². The van der Waals surface area contributed by atoms with Crippen molar-refractivity contribution < 1.29 is 8.78 Å². The smallest absolute Gasteiger partial charge is 0.131 e. The van der Waals surface area contributed by atoms with Gasteiger partial charge < -0.3 is 5.73 Å². The highest BCUT2D eigenvalue weighted by Crippen LogP contribution is 2.36. The second kappa shape index (κ2) is 5.23. The molecule has 1 aromatic carbocycles. The monoisotopic (exact) mass is 297 g/mol. The molecule has 0 saturated carbocycles. The normalized spacial score (nSPS) is 16.2. The van der Waals surface area contributed by atoms with Crippen LogP contribution in [0.1, 0.15) is 26.9 Å². The topological polar surface area (TPSA) is 26.0 Å². The van der Waals surface area contributed by atoms with Gasteiger partial charge in [-0.2, -0.15) is 11.8 Å². The van der Waals surface area contributed by atoms with Crippen LogP contribution in [0.15, 0.2) is 24.3 Å². The van der Waals surface area contributed by atoms with Gasteiger partial charge in [0.2, 0.25) is 0 Å². The van der Waals surface area contributed by atoms with Gasteiger partial charge in [-0.25, -0.2) is 8.78 Å². The van der Waals surface area contributed by atoms with E-state index in [1.54, 1.807) is 11.3 Å². The number of fused-ring (bicyclic) bond motifs is 1. The first kappa shape index (κ1) is 13.1. The molecule has 0 bridgehead atoms. The van der Waals surface area contributed by atoms with Crippen molar-refractivity contribution in [3.05, 3.63) is 56.8 Å². The van der Waals surface area contributed by atoms with Gasteiger partial charge in [0.15, 0.2) is 0 Å². The van der Waals surface area contributed by atoms with Crippen LogP contribution >= 0.6 is 23.1 Å². The van der Waals surface area contributed by atoms with Gasteiger partial charge in [0.1, 0.15) is 11.6 Å². The summed E-state index contributed by atoms with van der Waals surface area (Å²) in [4.78, 5) is 2.31. The molecular formula is C14H13F2NS2. The highest BCUT2D eigenvalue weighted by molar-refractivity contribution is 7.98. The van der Waals surface area contributed by atoms with Crippen molar-refractivity contribution >= 4 is 23.1 Å². The van der Waals surface area contributed by atoms with E-state index in [0.29, 0.717) is 5.56 Å². The van der Waals surface area contributed by atoms with E-state index in [1.807, 2.05) is 11.8 Å². The maximum absolute atomic E-state index is 13.8. The number of aryl methyl sites for hydroxylation is 1. The zero-order valence-corrected chi connectivity index (χ0v) is 11.8. The summed E-state index contributed by atoms with van der Waals surface area (Å²) in [7, 11) is 0. The molecule has 1 unspecified atom stereocenters. The van der Waals surface area contributed by atoms with Crippen LogP contribution in [-0.4, -0.2) is 5.75 Å². The number of hydrogen-bond donors (Lipinski definition) is 1. The standard InChI is InChI=1S/C14H13F2NS2/c15-9-1-2-10(11(16)6-9)14(17)13-5-8-7-18-4-3-12(8)19-13/h1-2,5-6,14H,3-4,7,17H2. The van der Waals surface area contributed by atoms with E-state index in [-0.39, 0.29) is 0 Å². The van der Waals surface area contributed by atoms with Gasteiger partial charge in [-0.15, -0.1) is 11.3 Å². The van der Waals surface area contributed by atoms with E-state index >= 15 is 0 Å². The first-order valence-electron chi connectivity index (χ1n) is 6.05. The Morgan fingerprint density at radius 2 is 2.05 bits per heavy atom. The summed E-state index contributed by atoms with van der Waals surface area (Å²) in [6, 6.07) is 5.13. The minimum atomic E-state index is -0.576. The first-order valence-corrected chi connectivity index (χ1v) is 8.02. The first-order chi connectivity index (χ1) is 9.15. The third kappa shape index (κ3) is 2.55. The fourth-order valence-electron chi connectivity index (χ4n) is 2.23. The van der Waals surface area contributed by atoms with Crippen LogP contribution < -0.4 is 5.73 Å². The third-order valence-corrected chi connectivity index (χ3v) is 5.58. The molecule has 0 amide bonds. The molecule has 0 fully saturated rings. The molecule has 0 saturated heterocycles.